The van der Waals surface area contributed by atoms with Gasteiger partial charge in [-0.25, -0.2) is 24.1 Å². The number of fused-ring (bicyclic) bond motifs is 5. The zero-order chi connectivity index (χ0) is 29.5. The zero-order valence-electron chi connectivity index (χ0n) is 25.1. The Balaban J connectivity index is 1.55. The molecule has 2 bridgehead atoms. The van der Waals surface area contributed by atoms with Crippen molar-refractivity contribution in [1.29, 1.82) is 0 Å². The van der Waals surface area contributed by atoms with Crippen molar-refractivity contribution < 1.29 is 18.7 Å². The molecule has 2 saturated heterocycles. The number of amides is 1. The van der Waals surface area contributed by atoms with Crippen LogP contribution in [-0.4, -0.2) is 62.3 Å². The van der Waals surface area contributed by atoms with Gasteiger partial charge in [-0.15, -0.1) is 0 Å². The van der Waals surface area contributed by atoms with Gasteiger partial charge in [-0.2, -0.15) is 0 Å². The maximum atomic E-state index is 16.7. The van der Waals surface area contributed by atoms with E-state index in [1.165, 1.54) is 0 Å². The molecule has 0 spiro atoms. The van der Waals surface area contributed by atoms with Crippen LogP contribution < -0.4 is 15.4 Å². The van der Waals surface area contributed by atoms with E-state index in [2.05, 4.69) is 9.88 Å². The molecule has 10 heteroatoms. The third-order valence-electron chi connectivity index (χ3n) is 8.84. The van der Waals surface area contributed by atoms with Crippen LogP contribution >= 0.6 is 0 Å². The fourth-order valence-corrected chi connectivity index (χ4v) is 7.06. The summed E-state index contributed by atoms with van der Waals surface area (Å²) in [5, 5.41) is 1.03. The topological polar surface area (TPSA) is 107 Å². The Labute approximate surface area is 240 Å². The van der Waals surface area contributed by atoms with E-state index in [0.29, 0.717) is 46.8 Å². The van der Waals surface area contributed by atoms with Crippen molar-refractivity contribution in [2.24, 2.45) is 0 Å². The summed E-state index contributed by atoms with van der Waals surface area (Å²) in [6.07, 6.45) is 1.67. The van der Waals surface area contributed by atoms with Crippen LogP contribution in [0.2, 0.25) is 0 Å². The Morgan fingerprint density at radius 1 is 1.15 bits per heavy atom. The molecule has 0 aliphatic carbocycles. The third-order valence-corrected chi connectivity index (χ3v) is 8.84. The Kier molecular flexibility index (Phi) is 6.32. The summed E-state index contributed by atoms with van der Waals surface area (Å²) in [5.74, 6) is 0.901. The SMILES string of the molecule is CCc1c(-c2nc3c4c(nc(C)c(C)c4c2F)N2C[C@H]4CC[C@@H]([C@H]2[C@H](C)O3)N4C(=O)OC(C)(C)C)cc(N)nc1C. The number of carbonyl (C=O) groups is 1. The molecular formula is C31H39FN6O3. The lowest BCUT2D eigenvalue weighted by molar-refractivity contribution is 0.000958. The van der Waals surface area contributed by atoms with Gasteiger partial charge < -0.3 is 20.1 Å². The highest BCUT2D eigenvalue weighted by Gasteiger charge is 2.53. The minimum Gasteiger partial charge on any atom is -0.472 e. The van der Waals surface area contributed by atoms with E-state index < -0.39 is 11.4 Å². The van der Waals surface area contributed by atoms with Gasteiger partial charge in [0, 0.05) is 28.9 Å². The quantitative estimate of drug-likeness (QED) is 0.428. The van der Waals surface area contributed by atoms with Crippen molar-refractivity contribution in [3.8, 4) is 17.1 Å². The third kappa shape index (κ3) is 4.25. The van der Waals surface area contributed by atoms with Gasteiger partial charge in [0.15, 0.2) is 5.82 Å². The zero-order valence-corrected chi connectivity index (χ0v) is 25.1. The maximum absolute atomic E-state index is 16.7. The van der Waals surface area contributed by atoms with Crippen molar-refractivity contribution in [3.05, 3.63) is 34.4 Å². The molecule has 0 unspecified atom stereocenters. The van der Waals surface area contributed by atoms with Crippen LogP contribution in [0.25, 0.3) is 22.0 Å². The second kappa shape index (κ2) is 9.42. The van der Waals surface area contributed by atoms with E-state index >= 15 is 4.39 Å². The van der Waals surface area contributed by atoms with E-state index in [0.717, 1.165) is 35.4 Å². The number of halogens is 1. The number of nitrogen functional groups attached to an aromatic ring is 1. The normalized spacial score (nSPS) is 23.3. The number of nitrogens with two attached hydrogens (primary N) is 1. The minimum atomic E-state index is -0.596. The highest BCUT2D eigenvalue weighted by molar-refractivity contribution is 6.01. The van der Waals surface area contributed by atoms with E-state index in [9.17, 15) is 4.79 Å². The van der Waals surface area contributed by atoms with Crippen LogP contribution in [0.5, 0.6) is 5.88 Å². The highest BCUT2D eigenvalue weighted by atomic mass is 19.1. The average molecular weight is 563 g/mol. The fraction of sp³-hybridized carbons (Fsp3) is 0.548. The summed E-state index contributed by atoms with van der Waals surface area (Å²) in [5.41, 5.74) is 9.48. The Bertz CT molecular complexity index is 1590. The molecule has 3 aromatic rings. The molecule has 0 radical (unpaired) electrons. The van der Waals surface area contributed by atoms with Gasteiger partial charge in [0.25, 0.3) is 0 Å². The predicted molar refractivity (Wildman–Crippen MR) is 157 cm³/mol. The number of pyridine rings is 3. The number of rotatable bonds is 2. The van der Waals surface area contributed by atoms with Crippen molar-refractivity contribution in [2.75, 3.05) is 17.2 Å². The number of ether oxygens (including phenoxy) is 2. The molecule has 1 amide bonds. The first-order valence-electron chi connectivity index (χ1n) is 14.5. The van der Waals surface area contributed by atoms with Crippen LogP contribution in [0.3, 0.4) is 0 Å². The Morgan fingerprint density at radius 3 is 2.56 bits per heavy atom. The van der Waals surface area contributed by atoms with Gasteiger partial charge >= 0.3 is 6.09 Å². The lowest BCUT2D eigenvalue weighted by Gasteiger charge is -2.48. The molecule has 218 valence electrons. The minimum absolute atomic E-state index is 0.0368. The number of nitrogens with zero attached hydrogens (tertiary/aromatic N) is 5. The lowest BCUT2D eigenvalue weighted by atomic mass is 9.96. The van der Waals surface area contributed by atoms with Crippen molar-refractivity contribution in [2.45, 2.75) is 104 Å². The van der Waals surface area contributed by atoms with Crippen LogP contribution in [0.15, 0.2) is 6.07 Å². The van der Waals surface area contributed by atoms with Gasteiger partial charge in [0.1, 0.15) is 29.0 Å². The molecule has 0 saturated carbocycles. The summed E-state index contributed by atoms with van der Waals surface area (Å²) >= 11 is 0. The first-order valence-corrected chi connectivity index (χ1v) is 14.5. The monoisotopic (exact) mass is 562 g/mol. The van der Waals surface area contributed by atoms with Gasteiger partial charge in [-0.1, -0.05) is 6.92 Å². The maximum Gasteiger partial charge on any atom is 0.410 e. The molecule has 2 fully saturated rings. The molecule has 4 atom stereocenters. The average Bonchev–Trinajstić information content (AvgIpc) is 3.13. The smallest absolute Gasteiger partial charge is 0.410 e. The molecule has 6 rings (SSSR count). The van der Waals surface area contributed by atoms with E-state index in [-0.39, 0.29) is 36.0 Å². The Hall–Kier alpha value is -3.69. The molecule has 3 aromatic heterocycles. The standard InChI is InChI=1S/C31H39FN6O3/c1-9-19-16(4)34-22(33)12-20(19)26-25(32)23-14(2)15(3)35-28-24(23)29(36-26)40-17(5)27-21-11-10-18(13-37(27)28)38(21)30(39)41-31(6,7)8/h12,17-18,21,27H,9-11,13H2,1-8H3,(H2,33,34)/t17-,18+,21-,27+/m0/s1. The molecular weight excluding hydrogens is 523 g/mol. The van der Waals surface area contributed by atoms with Crippen molar-refractivity contribution in [3.63, 3.8) is 0 Å². The van der Waals surface area contributed by atoms with Crippen molar-refractivity contribution >= 4 is 28.5 Å². The number of piperazine rings is 1. The van der Waals surface area contributed by atoms with Gasteiger partial charge in [-0.3, -0.25) is 4.90 Å². The molecule has 0 aromatic carbocycles. The number of carbonyl (C=O) groups excluding carboxylic acids is 1. The molecule has 3 aliphatic rings. The molecule has 9 nitrogen and oxygen atoms in total. The largest absolute Gasteiger partial charge is 0.472 e. The van der Waals surface area contributed by atoms with Crippen molar-refractivity contribution in [1.82, 2.24) is 19.9 Å². The fourth-order valence-electron chi connectivity index (χ4n) is 7.06. The van der Waals surface area contributed by atoms with E-state index in [1.807, 2.05) is 60.3 Å². The predicted octanol–water partition coefficient (Wildman–Crippen LogP) is 5.64. The Morgan fingerprint density at radius 2 is 1.88 bits per heavy atom. The van der Waals surface area contributed by atoms with Crippen LogP contribution in [0, 0.1) is 26.6 Å². The number of aryl methyl sites for hydroxylation is 3. The van der Waals surface area contributed by atoms with Crippen LogP contribution in [0.1, 0.15) is 70.0 Å². The summed E-state index contributed by atoms with van der Waals surface area (Å²) in [6.45, 7) is 15.9. The summed E-state index contributed by atoms with van der Waals surface area (Å²) in [6, 6.07) is 1.32. The first-order chi connectivity index (χ1) is 19.3. The highest BCUT2D eigenvalue weighted by Crippen LogP contribution is 2.47. The number of aromatic nitrogens is 3. The molecule has 41 heavy (non-hydrogen) atoms. The van der Waals surface area contributed by atoms with Gasteiger partial charge in [-0.05, 0) is 84.9 Å². The second-order valence-electron chi connectivity index (χ2n) is 12.6. The number of anilines is 2. The molecule has 2 N–H and O–H groups in total. The first kappa shape index (κ1) is 27.5. The van der Waals surface area contributed by atoms with E-state index in [4.69, 9.17) is 25.2 Å². The molecule has 3 aliphatic heterocycles. The molecule has 6 heterocycles. The summed E-state index contributed by atoms with van der Waals surface area (Å²) in [4.78, 5) is 31.7. The van der Waals surface area contributed by atoms with Crippen LogP contribution in [-0.2, 0) is 11.2 Å². The summed E-state index contributed by atoms with van der Waals surface area (Å²) < 4.78 is 29.2. The summed E-state index contributed by atoms with van der Waals surface area (Å²) in [7, 11) is 0. The van der Waals surface area contributed by atoms with Gasteiger partial charge in [0.05, 0.1) is 23.5 Å². The van der Waals surface area contributed by atoms with E-state index in [1.54, 1.807) is 6.07 Å². The number of hydrogen-bond acceptors (Lipinski definition) is 8. The van der Waals surface area contributed by atoms with Gasteiger partial charge in [0.2, 0.25) is 5.88 Å². The second-order valence-corrected chi connectivity index (χ2v) is 12.6. The number of hydrogen-bond donors (Lipinski definition) is 1. The lowest BCUT2D eigenvalue weighted by Crippen LogP contribution is -2.65. The van der Waals surface area contributed by atoms with Crippen LogP contribution in [0.4, 0.5) is 20.8 Å².